The molecule has 13 heavy (non-hydrogen) atoms. The summed E-state index contributed by atoms with van der Waals surface area (Å²) in [5.74, 6) is 0.592. The molecule has 0 aromatic heterocycles. The molecule has 76 valence electrons. The number of hydrogen-bond donors (Lipinski definition) is 3. The highest BCUT2D eigenvalue weighted by Crippen LogP contribution is 2.29. The maximum atomic E-state index is 11.2. The van der Waals surface area contributed by atoms with E-state index in [1.807, 2.05) is 0 Å². The molecule has 0 heterocycles. The molecule has 4 N–H and O–H groups in total. The van der Waals surface area contributed by atoms with Crippen LogP contribution in [-0.4, -0.2) is 26.6 Å². The highest BCUT2D eigenvalue weighted by atomic mass is 32.2. The highest BCUT2D eigenvalue weighted by molar-refractivity contribution is 7.89. The van der Waals surface area contributed by atoms with Gasteiger partial charge in [-0.15, -0.1) is 0 Å². The first kappa shape index (κ1) is 10.5. The normalized spacial score (nSPS) is 17.2. The van der Waals surface area contributed by atoms with Gasteiger partial charge in [-0.3, -0.25) is 5.41 Å². The third-order valence-electron chi connectivity index (χ3n) is 1.87. The molecule has 0 bridgehead atoms. The lowest BCUT2D eigenvalue weighted by Gasteiger charge is -2.04. The monoisotopic (exact) mass is 205 g/mol. The first-order valence-corrected chi connectivity index (χ1v) is 5.95. The fraction of sp³-hybridized carbons (Fsp3) is 0.857. The Hall–Kier alpha value is -0.620. The zero-order chi connectivity index (χ0) is 9.90. The smallest absolute Gasteiger partial charge is 0.211 e. The lowest BCUT2D eigenvalue weighted by molar-refractivity contribution is 0.579. The molecule has 1 aliphatic carbocycles. The molecule has 6 heteroatoms. The fourth-order valence-electron chi connectivity index (χ4n) is 0.995. The van der Waals surface area contributed by atoms with E-state index in [1.54, 1.807) is 0 Å². The van der Waals surface area contributed by atoms with Gasteiger partial charge in [0.2, 0.25) is 10.0 Å². The van der Waals surface area contributed by atoms with E-state index in [0.29, 0.717) is 5.92 Å². The molecule has 0 spiro atoms. The van der Waals surface area contributed by atoms with E-state index in [1.165, 1.54) is 0 Å². The summed E-state index contributed by atoms with van der Waals surface area (Å²) in [6, 6.07) is 0. The number of sulfonamides is 1. The summed E-state index contributed by atoms with van der Waals surface area (Å²) in [6.07, 6.45) is 2.32. The third-order valence-corrected chi connectivity index (χ3v) is 3.42. The molecule has 1 aliphatic rings. The maximum Gasteiger partial charge on any atom is 0.211 e. The van der Waals surface area contributed by atoms with Crippen LogP contribution in [0, 0.1) is 11.3 Å². The average molecular weight is 205 g/mol. The van der Waals surface area contributed by atoms with Crippen LogP contribution in [0.25, 0.3) is 0 Å². The zero-order valence-corrected chi connectivity index (χ0v) is 8.23. The Balaban J connectivity index is 2.21. The largest absolute Gasteiger partial charge is 0.388 e. The molecule has 0 saturated heterocycles. The van der Waals surface area contributed by atoms with Crippen LogP contribution in [0.4, 0.5) is 0 Å². The van der Waals surface area contributed by atoms with Gasteiger partial charge < -0.3 is 5.73 Å². The van der Waals surface area contributed by atoms with Crippen molar-refractivity contribution in [1.29, 1.82) is 5.41 Å². The number of hydrogen-bond acceptors (Lipinski definition) is 3. The molecule has 0 atom stereocenters. The van der Waals surface area contributed by atoms with E-state index in [0.717, 1.165) is 12.8 Å². The van der Waals surface area contributed by atoms with E-state index in [2.05, 4.69) is 4.72 Å². The van der Waals surface area contributed by atoms with E-state index >= 15 is 0 Å². The van der Waals surface area contributed by atoms with E-state index in [-0.39, 0.29) is 24.6 Å². The molecule has 5 nitrogen and oxygen atoms in total. The Morgan fingerprint density at radius 3 is 2.62 bits per heavy atom. The van der Waals surface area contributed by atoms with Crippen LogP contribution >= 0.6 is 0 Å². The van der Waals surface area contributed by atoms with Crippen LogP contribution in [0.2, 0.25) is 0 Å². The maximum absolute atomic E-state index is 11.2. The summed E-state index contributed by atoms with van der Waals surface area (Å²) in [5.41, 5.74) is 5.08. The second kappa shape index (κ2) is 4.06. The van der Waals surface area contributed by atoms with Gasteiger partial charge in [0.1, 0.15) is 0 Å². The first-order chi connectivity index (χ1) is 5.99. The SMILES string of the molecule is N=C(N)CCNS(=O)(=O)CC1CC1. The van der Waals surface area contributed by atoms with Crippen LogP contribution in [-0.2, 0) is 10.0 Å². The predicted octanol–water partition coefficient (Wildman–Crippen LogP) is -0.358. The summed E-state index contributed by atoms with van der Waals surface area (Å²) in [4.78, 5) is 0. The summed E-state index contributed by atoms with van der Waals surface area (Å²) in [7, 11) is -3.12. The molecule has 0 aliphatic heterocycles. The summed E-state index contributed by atoms with van der Waals surface area (Å²) >= 11 is 0. The van der Waals surface area contributed by atoms with Gasteiger partial charge in [-0.1, -0.05) is 0 Å². The number of rotatable bonds is 6. The molecule has 1 rings (SSSR count). The van der Waals surface area contributed by atoms with Crippen molar-refractivity contribution >= 4 is 15.9 Å². The van der Waals surface area contributed by atoms with E-state index < -0.39 is 10.0 Å². The van der Waals surface area contributed by atoms with Gasteiger partial charge in [-0.25, -0.2) is 13.1 Å². The van der Waals surface area contributed by atoms with E-state index in [4.69, 9.17) is 11.1 Å². The quantitative estimate of drug-likeness (QED) is 0.408. The molecular weight excluding hydrogens is 190 g/mol. The van der Waals surface area contributed by atoms with Crippen molar-refractivity contribution in [1.82, 2.24) is 4.72 Å². The van der Waals surface area contributed by atoms with Crippen molar-refractivity contribution in [2.45, 2.75) is 19.3 Å². The molecule has 1 saturated carbocycles. The van der Waals surface area contributed by atoms with Crippen molar-refractivity contribution in [2.75, 3.05) is 12.3 Å². The summed E-state index contributed by atoms with van der Waals surface area (Å²) in [6.45, 7) is 0.240. The second-order valence-corrected chi connectivity index (χ2v) is 5.25. The Morgan fingerprint density at radius 1 is 1.54 bits per heavy atom. The Kier molecular flexibility index (Phi) is 3.27. The molecular formula is C7H15N3O2S. The predicted molar refractivity (Wildman–Crippen MR) is 51.0 cm³/mol. The lowest BCUT2D eigenvalue weighted by Crippen LogP contribution is -2.30. The zero-order valence-electron chi connectivity index (χ0n) is 7.41. The van der Waals surface area contributed by atoms with Gasteiger partial charge in [-0.05, 0) is 18.8 Å². The second-order valence-electron chi connectivity index (χ2n) is 3.39. The van der Waals surface area contributed by atoms with Crippen molar-refractivity contribution in [3.05, 3.63) is 0 Å². The molecule has 0 radical (unpaired) electrons. The van der Waals surface area contributed by atoms with Gasteiger partial charge in [-0.2, -0.15) is 0 Å². The van der Waals surface area contributed by atoms with Crippen LogP contribution in [0.5, 0.6) is 0 Å². The van der Waals surface area contributed by atoms with Gasteiger partial charge in [0.15, 0.2) is 0 Å². The Morgan fingerprint density at radius 2 is 2.15 bits per heavy atom. The molecule has 1 fully saturated rings. The minimum absolute atomic E-state index is 0.00845. The lowest BCUT2D eigenvalue weighted by atomic mass is 10.4. The minimum atomic E-state index is -3.12. The molecule has 0 aromatic rings. The van der Waals surface area contributed by atoms with Crippen LogP contribution in [0.3, 0.4) is 0 Å². The van der Waals surface area contributed by atoms with Gasteiger partial charge in [0.05, 0.1) is 11.6 Å². The van der Waals surface area contributed by atoms with Gasteiger partial charge in [0, 0.05) is 13.0 Å². The average Bonchev–Trinajstić information content (AvgIpc) is 2.68. The molecule has 0 amide bonds. The van der Waals surface area contributed by atoms with Crippen molar-refractivity contribution in [3.63, 3.8) is 0 Å². The van der Waals surface area contributed by atoms with Crippen LogP contribution in [0.1, 0.15) is 19.3 Å². The van der Waals surface area contributed by atoms with Crippen LogP contribution < -0.4 is 10.5 Å². The molecule has 0 aromatic carbocycles. The fourth-order valence-corrected chi connectivity index (χ4v) is 2.48. The third kappa shape index (κ3) is 4.84. The van der Waals surface area contributed by atoms with E-state index in [9.17, 15) is 8.42 Å². The van der Waals surface area contributed by atoms with Crippen molar-refractivity contribution in [3.8, 4) is 0 Å². The topological polar surface area (TPSA) is 96.0 Å². The summed E-state index contributed by atoms with van der Waals surface area (Å²) < 4.78 is 24.9. The highest BCUT2D eigenvalue weighted by Gasteiger charge is 2.27. The Bertz CT molecular complexity index is 282. The Labute approximate surface area is 78.3 Å². The van der Waals surface area contributed by atoms with Crippen LogP contribution in [0.15, 0.2) is 0 Å². The molecule has 0 unspecified atom stereocenters. The standard InChI is InChI=1S/C7H15N3O2S/c8-7(9)3-4-10-13(11,12)5-6-1-2-6/h6,10H,1-5H2,(H3,8,9). The summed E-state index contributed by atoms with van der Waals surface area (Å²) in [5, 5.41) is 6.90. The number of amidine groups is 1. The van der Waals surface area contributed by atoms with Gasteiger partial charge in [0.25, 0.3) is 0 Å². The number of nitrogens with two attached hydrogens (primary N) is 1. The number of nitrogens with one attached hydrogen (secondary N) is 2. The minimum Gasteiger partial charge on any atom is -0.388 e. The van der Waals surface area contributed by atoms with Crippen molar-refractivity contribution in [2.24, 2.45) is 11.7 Å². The first-order valence-electron chi connectivity index (χ1n) is 4.30. The van der Waals surface area contributed by atoms with Gasteiger partial charge >= 0.3 is 0 Å². The van der Waals surface area contributed by atoms with Crippen molar-refractivity contribution < 1.29 is 8.42 Å².